The molecule has 2 nitrogen and oxygen atoms in total. The molecule has 0 radical (unpaired) electrons. The van der Waals surface area contributed by atoms with Gasteiger partial charge in [-0.15, -0.1) is 0 Å². The van der Waals surface area contributed by atoms with E-state index >= 15 is 0 Å². The van der Waals surface area contributed by atoms with E-state index in [1.165, 1.54) is 11.6 Å². The topological polar surface area (TPSA) is 17.8 Å². The fraction of sp³-hybridized carbons (Fsp3) is 0.667. The van der Waals surface area contributed by atoms with Crippen molar-refractivity contribution in [2.75, 3.05) is 0 Å². The zero-order valence-corrected chi connectivity index (χ0v) is 11.1. The van der Waals surface area contributed by atoms with Gasteiger partial charge in [0.2, 0.25) is 0 Å². The average Bonchev–Trinajstić information content (AvgIpc) is 2.26. The molecule has 0 spiro atoms. The first kappa shape index (κ1) is 12.8. The minimum atomic E-state index is -4.37. The predicted molar refractivity (Wildman–Crippen MR) is 59.7 cm³/mol. The highest BCUT2D eigenvalue weighted by molar-refractivity contribution is 14.1. The first-order chi connectivity index (χ1) is 6.55. The molecule has 6 heteroatoms. The van der Waals surface area contributed by atoms with E-state index in [1.807, 2.05) is 43.4 Å². The summed E-state index contributed by atoms with van der Waals surface area (Å²) in [6.07, 6.45) is -4.37. The van der Waals surface area contributed by atoms with Crippen molar-refractivity contribution in [2.24, 2.45) is 0 Å². The molecule has 0 bridgehead atoms. The molecule has 1 aromatic rings. The SMILES string of the molecule is Cc1c(C(F)(F)F)nn(C(C)(C)C)c1I. The van der Waals surface area contributed by atoms with Gasteiger partial charge in [0, 0.05) is 5.56 Å². The quantitative estimate of drug-likeness (QED) is 0.664. The van der Waals surface area contributed by atoms with Crippen LogP contribution in [-0.4, -0.2) is 9.78 Å². The van der Waals surface area contributed by atoms with Crippen molar-refractivity contribution in [1.29, 1.82) is 0 Å². The molecule has 0 aliphatic heterocycles. The number of nitrogens with zero attached hydrogens (tertiary/aromatic N) is 2. The summed E-state index contributed by atoms with van der Waals surface area (Å²) in [6.45, 7) is 6.91. The van der Waals surface area contributed by atoms with E-state index in [9.17, 15) is 13.2 Å². The maximum absolute atomic E-state index is 12.6. The average molecular weight is 332 g/mol. The van der Waals surface area contributed by atoms with Gasteiger partial charge in [0.1, 0.15) is 3.70 Å². The molecule has 0 saturated carbocycles. The van der Waals surface area contributed by atoms with Crippen molar-refractivity contribution < 1.29 is 13.2 Å². The van der Waals surface area contributed by atoms with Gasteiger partial charge in [-0.3, -0.25) is 4.68 Å². The van der Waals surface area contributed by atoms with E-state index in [1.54, 1.807) is 0 Å². The van der Waals surface area contributed by atoms with Crippen LogP contribution in [0.15, 0.2) is 0 Å². The van der Waals surface area contributed by atoms with Gasteiger partial charge in [-0.25, -0.2) is 0 Å². The maximum Gasteiger partial charge on any atom is 0.435 e. The van der Waals surface area contributed by atoms with Crippen LogP contribution in [0.4, 0.5) is 13.2 Å². The molecule has 1 heterocycles. The van der Waals surface area contributed by atoms with Crippen LogP contribution < -0.4 is 0 Å². The lowest BCUT2D eigenvalue weighted by Crippen LogP contribution is -2.25. The van der Waals surface area contributed by atoms with E-state index < -0.39 is 17.4 Å². The van der Waals surface area contributed by atoms with E-state index in [2.05, 4.69) is 5.10 Å². The molecule has 0 atom stereocenters. The first-order valence-corrected chi connectivity index (χ1v) is 5.46. The minimum Gasteiger partial charge on any atom is -0.253 e. The van der Waals surface area contributed by atoms with Gasteiger partial charge in [-0.05, 0) is 50.3 Å². The van der Waals surface area contributed by atoms with Gasteiger partial charge in [0.25, 0.3) is 0 Å². The highest BCUT2D eigenvalue weighted by Gasteiger charge is 2.38. The Morgan fingerprint density at radius 3 is 1.87 bits per heavy atom. The summed E-state index contributed by atoms with van der Waals surface area (Å²) in [7, 11) is 0. The highest BCUT2D eigenvalue weighted by atomic mass is 127. The summed E-state index contributed by atoms with van der Waals surface area (Å²) in [4.78, 5) is 0. The molecule has 0 aromatic carbocycles. The molecule has 86 valence electrons. The van der Waals surface area contributed by atoms with Crippen molar-refractivity contribution in [3.05, 3.63) is 15.0 Å². The Hall–Kier alpha value is -0.270. The molecule has 0 fully saturated rings. The fourth-order valence-electron chi connectivity index (χ4n) is 1.19. The number of rotatable bonds is 0. The molecule has 0 aliphatic carbocycles. The van der Waals surface area contributed by atoms with Crippen molar-refractivity contribution >= 4 is 22.6 Å². The summed E-state index contributed by atoms with van der Waals surface area (Å²) in [5.74, 6) is 0. The van der Waals surface area contributed by atoms with Gasteiger partial charge >= 0.3 is 6.18 Å². The number of halogens is 4. The molecular formula is C9H12F3IN2. The third-order valence-electron chi connectivity index (χ3n) is 1.95. The first-order valence-electron chi connectivity index (χ1n) is 4.38. The normalized spacial score (nSPS) is 13.3. The highest BCUT2D eigenvalue weighted by Crippen LogP contribution is 2.34. The van der Waals surface area contributed by atoms with Crippen LogP contribution in [0.1, 0.15) is 32.0 Å². The Kier molecular flexibility index (Phi) is 3.10. The fourth-order valence-corrected chi connectivity index (χ4v) is 2.28. The molecular weight excluding hydrogens is 320 g/mol. The van der Waals surface area contributed by atoms with Crippen molar-refractivity contribution in [3.8, 4) is 0 Å². The summed E-state index contributed by atoms with van der Waals surface area (Å²) in [5.41, 5.74) is -1.04. The van der Waals surface area contributed by atoms with Gasteiger partial charge in [0.15, 0.2) is 5.69 Å². The van der Waals surface area contributed by atoms with Crippen LogP contribution >= 0.6 is 22.6 Å². The van der Waals surface area contributed by atoms with E-state index in [0.717, 1.165) is 0 Å². The molecule has 15 heavy (non-hydrogen) atoms. The summed E-state index contributed by atoms with van der Waals surface area (Å²) in [5, 5.41) is 3.64. The lowest BCUT2D eigenvalue weighted by Gasteiger charge is -2.20. The molecule has 0 unspecified atom stereocenters. The zero-order valence-electron chi connectivity index (χ0n) is 8.91. The maximum atomic E-state index is 12.6. The summed E-state index contributed by atoms with van der Waals surface area (Å²) in [6, 6.07) is 0. The minimum absolute atomic E-state index is 0.193. The second-order valence-corrected chi connectivity index (χ2v) is 5.37. The lowest BCUT2D eigenvalue weighted by atomic mass is 10.1. The van der Waals surface area contributed by atoms with Crippen LogP contribution in [0.25, 0.3) is 0 Å². The van der Waals surface area contributed by atoms with E-state index in [-0.39, 0.29) is 5.56 Å². The molecule has 0 saturated heterocycles. The number of alkyl halides is 3. The van der Waals surface area contributed by atoms with Crippen molar-refractivity contribution in [1.82, 2.24) is 9.78 Å². The molecule has 1 rings (SSSR count). The molecule has 0 N–H and O–H groups in total. The molecule has 0 amide bonds. The standard InChI is InChI=1S/C9H12F3IN2/c1-5-6(9(10,11)12)14-15(7(5)13)8(2,3)4/h1-4H3. The summed E-state index contributed by atoms with van der Waals surface area (Å²) >= 11 is 1.89. The monoisotopic (exact) mass is 332 g/mol. The predicted octanol–water partition coefficient (Wildman–Crippen LogP) is 3.57. The third kappa shape index (κ3) is 2.46. The third-order valence-corrected chi connectivity index (χ3v) is 3.22. The summed E-state index contributed by atoms with van der Waals surface area (Å²) < 4.78 is 39.6. The Labute approximate surface area is 100.0 Å². The molecule has 1 aromatic heterocycles. The lowest BCUT2D eigenvalue weighted by molar-refractivity contribution is -0.142. The van der Waals surface area contributed by atoms with Crippen molar-refractivity contribution in [2.45, 2.75) is 39.4 Å². The van der Waals surface area contributed by atoms with Gasteiger partial charge in [-0.1, -0.05) is 0 Å². The second kappa shape index (κ2) is 3.64. The van der Waals surface area contributed by atoms with E-state index in [4.69, 9.17) is 0 Å². The smallest absolute Gasteiger partial charge is 0.253 e. The Balaban J connectivity index is 3.38. The van der Waals surface area contributed by atoms with Crippen LogP contribution in [0.3, 0.4) is 0 Å². The Bertz CT molecular complexity index is 339. The largest absolute Gasteiger partial charge is 0.435 e. The number of hydrogen-bond acceptors (Lipinski definition) is 1. The van der Waals surface area contributed by atoms with Crippen molar-refractivity contribution in [3.63, 3.8) is 0 Å². The van der Waals surface area contributed by atoms with Crippen LogP contribution in [0.2, 0.25) is 0 Å². The van der Waals surface area contributed by atoms with Gasteiger partial charge in [0.05, 0.1) is 5.54 Å². The molecule has 0 aliphatic rings. The Morgan fingerprint density at radius 1 is 1.20 bits per heavy atom. The van der Waals surface area contributed by atoms with E-state index in [0.29, 0.717) is 3.70 Å². The van der Waals surface area contributed by atoms with Crippen LogP contribution in [0, 0.1) is 10.6 Å². The number of hydrogen-bond donors (Lipinski definition) is 0. The second-order valence-electron chi connectivity index (χ2n) is 4.34. The zero-order chi connectivity index (χ0) is 12.0. The van der Waals surface area contributed by atoms with Gasteiger partial charge < -0.3 is 0 Å². The number of aromatic nitrogens is 2. The Morgan fingerprint density at radius 2 is 1.67 bits per heavy atom. The van der Waals surface area contributed by atoms with Gasteiger partial charge in [-0.2, -0.15) is 18.3 Å². The van der Waals surface area contributed by atoms with Crippen LogP contribution in [-0.2, 0) is 11.7 Å². The van der Waals surface area contributed by atoms with Crippen LogP contribution in [0.5, 0.6) is 0 Å².